The summed E-state index contributed by atoms with van der Waals surface area (Å²) in [5, 5.41) is 12.3. The molecule has 0 aliphatic rings. The Bertz CT molecular complexity index is 614. The molecule has 0 fully saturated rings. The van der Waals surface area contributed by atoms with Gasteiger partial charge >= 0.3 is 5.97 Å². The second-order valence-corrected chi connectivity index (χ2v) is 4.59. The summed E-state index contributed by atoms with van der Waals surface area (Å²) in [5.74, 6) is -0.594. The molecule has 0 bridgehead atoms. The Kier molecular flexibility index (Phi) is 5.29. The third-order valence-corrected chi connectivity index (χ3v) is 3.06. The van der Waals surface area contributed by atoms with E-state index in [1.54, 1.807) is 24.4 Å². The van der Waals surface area contributed by atoms with Gasteiger partial charge in [-0.3, -0.25) is 4.98 Å². The molecule has 2 rings (SSSR count). The van der Waals surface area contributed by atoms with Crippen LogP contribution in [0.5, 0.6) is 5.75 Å². The number of nitrogens with zero attached hydrogens (tertiary/aromatic N) is 1. The zero-order valence-corrected chi connectivity index (χ0v) is 11.9. The monoisotopic (exact) mass is 286 g/mol. The number of pyridine rings is 1. The zero-order chi connectivity index (χ0) is 15.1. The van der Waals surface area contributed by atoms with Gasteiger partial charge in [-0.25, -0.2) is 4.79 Å². The first-order valence-corrected chi connectivity index (χ1v) is 6.75. The van der Waals surface area contributed by atoms with E-state index in [-0.39, 0.29) is 5.56 Å². The van der Waals surface area contributed by atoms with Crippen LogP contribution in [0.4, 0.5) is 0 Å². The van der Waals surface area contributed by atoms with Crippen LogP contribution < -0.4 is 10.1 Å². The van der Waals surface area contributed by atoms with Crippen LogP contribution in [-0.4, -0.2) is 29.2 Å². The zero-order valence-electron chi connectivity index (χ0n) is 11.9. The lowest BCUT2D eigenvalue weighted by atomic mass is 10.2. The molecule has 0 atom stereocenters. The predicted octanol–water partition coefficient (Wildman–Crippen LogP) is 2.26. The van der Waals surface area contributed by atoms with Crippen LogP contribution >= 0.6 is 0 Å². The molecule has 0 radical (unpaired) electrons. The SMILES string of the molecule is Cc1cccnc1CNCCOc1ccccc1C(=O)O. The van der Waals surface area contributed by atoms with Gasteiger partial charge in [0.2, 0.25) is 0 Å². The number of aromatic carboxylic acids is 1. The normalized spacial score (nSPS) is 10.3. The standard InChI is InChI=1S/C16H18N2O3/c1-12-5-4-8-18-14(12)11-17-9-10-21-15-7-3-2-6-13(15)16(19)20/h2-8,17H,9-11H2,1H3,(H,19,20). The molecule has 1 aromatic carbocycles. The van der Waals surface area contributed by atoms with Crippen molar-refractivity contribution in [2.45, 2.75) is 13.5 Å². The minimum Gasteiger partial charge on any atom is -0.491 e. The number of nitrogens with one attached hydrogen (secondary N) is 1. The molecular weight excluding hydrogens is 268 g/mol. The van der Waals surface area contributed by atoms with Gasteiger partial charge in [-0.15, -0.1) is 0 Å². The van der Waals surface area contributed by atoms with Crippen molar-refractivity contribution in [3.05, 3.63) is 59.4 Å². The summed E-state index contributed by atoms with van der Waals surface area (Å²) in [7, 11) is 0. The summed E-state index contributed by atoms with van der Waals surface area (Å²) in [6.45, 7) is 3.69. The summed E-state index contributed by atoms with van der Waals surface area (Å²) < 4.78 is 5.50. The maximum Gasteiger partial charge on any atom is 0.339 e. The fraction of sp³-hybridized carbons (Fsp3) is 0.250. The molecule has 0 unspecified atom stereocenters. The number of benzene rings is 1. The van der Waals surface area contributed by atoms with Gasteiger partial charge in [-0.05, 0) is 30.7 Å². The average Bonchev–Trinajstić information content (AvgIpc) is 2.49. The maximum absolute atomic E-state index is 11.0. The predicted molar refractivity (Wildman–Crippen MR) is 79.6 cm³/mol. The van der Waals surface area contributed by atoms with Gasteiger partial charge in [-0.1, -0.05) is 18.2 Å². The highest BCUT2D eigenvalue weighted by Crippen LogP contribution is 2.17. The van der Waals surface area contributed by atoms with E-state index in [0.717, 1.165) is 11.3 Å². The molecule has 0 saturated carbocycles. The van der Waals surface area contributed by atoms with Crippen molar-refractivity contribution in [2.24, 2.45) is 0 Å². The minimum atomic E-state index is -0.984. The smallest absolute Gasteiger partial charge is 0.339 e. The van der Waals surface area contributed by atoms with Crippen LogP contribution in [0.15, 0.2) is 42.6 Å². The lowest BCUT2D eigenvalue weighted by Crippen LogP contribution is -2.22. The topological polar surface area (TPSA) is 71.5 Å². The average molecular weight is 286 g/mol. The third kappa shape index (κ3) is 4.29. The van der Waals surface area contributed by atoms with Gasteiger partial charge in [0.25, 0.3) is 0 Å². The van der Waals surface area contributed by atoms with Crippen LogP contribution in [0.3, 0.4) is 0 Å². The van der Waals surface area contributed by atoms with Gasteiger partial charge in [0.15, 0.2) is 0 Å². The van der Waals surface area contributed by atoms with Gasteiger partial charge in [0.05, 0.1) is 5.69 Å². The van der Waals surface area contributed by atoms with Crippen molar-refractivity contribution in [1.29, 1.82) is 0 Å². The fourth-order valence-corrected chi connectivity index (χ4v) is 1.91. The van der Waals surface area contributed by atoms with Crippen LogP contribution in [0, 0.1) is 6.92 Å². The fourth-order valence-electron chi connectivity index (χ4n) is 1.91. The van der Waals surface area contributed by atoms with Crippen LogP contribution in [0.25, 0.3) is 0 Å². The van der Waals surface area contributed by atoms with E-state index in [9.17, 15) is 4.79 Å². The van der Waals surface area contributed by atoms with Crippen LogP contribution in [0.2, 0.25) is 0 Å². The Morgan fingerprint density at radius 3 is 2.86 bits per heavy atom. The van der Waals surface area contributed by atoms with E-state index in [2.05, 4.69) is 10.3 Å². The Morgan fingerprint density at radius 2 is 2.10 bits per heavy atom. The van der Waals surface area contributed by atoms with Gasteiger partial charge in [0.1, 0.15) is 17.9 Å². The largest absolute Gasteiger partial charge is 0.491 e. The molecule has 110 valence electrons. The third-order valence-electron chi connectivity index (χ3n) is 3.06. The van der Waals surface area contributed by atoms with Crippen LogP contribution in [0.1, 0.15) is 21.6 Å². The van der Waals surface area contributed by atoms with Crippen molar-refractivity contribution in [2.75, 3.05) is 13.2 Å². The van der Waals surface area contributed by atoms with Crippen molar-refractivity contribution in [1.82, 2.24) is 10.3 Å². The molecule has 5 heteroatoms. The molecule has 0 aliphatic heterocycles. The number of aromatic nitrogens is 1. The van der Waals surface area contributed by atoms with E-state index in [1.807, 2.05) is 19.1 Å². The lowest BCUT2D eigenvalue weighted by molar-refractivity contribution is 0.0692. The maximum atomic E-state index is 11.0. The number of carboxylic acids is 1. The van der Waals surface area contributed by atoms with E-state index >= 15 is 0 Å². The summed E-state index contributed by atoms with van der Waals surface area (Å²) in [5.41, 5.74) is 2.32. The first-order valence-electron chi connectivity index (χ1n) is 6.75. The number of rotatable bonds is 7. The summed E-state index contributed by atoms with van der Waals surface area (Å²) in [4.78, 5) is 15.3. The van der Waals surface area contributed by atoms with Gasteiger partial charge in [0, 0.05) is 19.3 Å². The van der Waals surface area contributed by atoms with Crippen LogP contribution in [-0.2, 0) is 6.54 Å². The van der Waals surface area contributed by atoms with E-state index in [1.165, 1.54) is 6.07 Å². The molecule has 2 aromatic rings. The molecule has 0 amide bonds. The Hall–Kier alpha value is -2.40. The van der Waals surface area contributed by atoms with Crippen molar-refractivity contribution in [3.63, 3.8) is 0 Å². The number of aryl methyl sites for hydroxylation is 1. The molecule has 1 heterocycles. The first-order chi connectivity index (χ1) is 10.2. The molecule has 5 nitrogen and oxygen atoms in total. The number of carbonyl (C=O) groups is 1. The second kappa shape index (κ2) is 7.40. The summed E-state index contributed by atoms with van der Waals surface area (Å²) in [6, 6.07) is 10.5. The molecule has 2 N–H and O–H groups in total. The molecule has 21 heavy (non-hydrogen) atoms. The molecule has 0 aliphatic carbocycles. The Morgan fingerprint density at radius 1 is 1.29 bits per heavy atom. The highest BCUT2D eigenvalue weighted by molar-refractivity contribution is 5.90. The first kappa shape index (κ1) is 15.0. The number of hydrogen-bond donors (Lipinski definition) is 2. The van der Waals surface area contributed by atoms with Gasteiger partial charge < -0.3 is 15.2 Å². The van der Waals surface area contributed by atoms with E-state index in [4.69, 9.17) is 9.84 Å². The van der Waals surface area contributed by atoms with Crippen molar-refractivity contribution >= 4 is 5.97 Å². The van der Waals surface area contributed by atoms with Gasteiger partial charge in [-0.2, -0.15) is 0 Å². The number of ether oxygens (including phenoxy) is 1. The molecule has 0 saturated heterocycles. The molecule has 0 spiro atoms. The summed E-state index contributed by atoms with van der Waals surface area (Å²) >= 11 is 0. The second-order valence-electron chi connectivity index (χ2n) is 4.59. The number of carboxylic acid groups (broad SMARTS) is 1. The van der Waals surface area contributed by atoms with Crippen molar-refractivity contribution in [3.8, 4) is 5.75 Å². The number of para-hydroxylation sites is 1. The quantitative estimate of drug-likeness (QED) is 0.764. The van der Waals surface area contributed by atoms with Crippen molar-refractivity contribution < 1.29 is 14.6 Å². The Balaban J connectivity index is 1.78. The highest BCUT2D eigenvalue weighted by atomic mass is 16.5. The minimum absolute atomic E-state index is 0.179. The lowest BCUT2D eigenvalue weighted by Gasteiger charge is -2.10. The highest BCUT2D eigenvalue weighted by Gasteiger charge is 2.09. The Labute approximate surface area is 123 Å². The van der Waals surface area contributed by atoms with E-state index in [0.29, 0.717) is 25.4 Å². The summed E-state index contributed by atoms with van der Waals surface area (Å²) in [6.07, 6.45) is 1.77. The molecular formula is C16H18N2O3. The van der Waals surface area contributed by atoms with E-state index < -0.39 is 5.97 Å². The molecule has 1 aromatic heterocycles. The number of hydrogen-bond acceptors (Lipinski definition) is 4.